The van der Waals surface area contributed by atoms with Crippen molar-refractivity contribution >= 4 is 11.9 Å². The highest BCUT2D eigenvalue weighted by Crippen LogP contribution is 2.16. The number of hydrogen-bond donors (Lipinski definition) is 1. The number of ether oxygens (including phenoxy) is 2. The molecule has 17 heavy (non-hydrogen) atoms. The Morgan fingerprint density at radius 2 is 1.88 bits per heavy atom. The third-order valence-corrected chi connectivity index (χ3v) is 3.11. The van der Waals surface area contributed by atoms with Crippen molar-refractivity contribution in [3.05, 3.63) is 0 Å². The SMILES string of the molecule is O=C(O)[C@H]1CN(C(=O)[C@@H]2CCCCO2)CCO1. The summed E-state index contributed by atoms with van der Waals surface area (Å²) in [4.78, 5) is 24.4. The van der Waals surface area contributed by atoms with E-state index in [4.69, 9.17) is 14.6 Å². The van der Waals surface area contributed by atoms with Crippen molar-refractivity contribution in [2.45, 2.75) is 31.5 Å². The van der Waals surface area contributed by atoms with Crippen LogP contribution in [-0.2, 0) is 19.1 Å². The number of rotatable bonds is 2. The Labute approximate surface area is 99.5 Å². The van der Waals surface area contributed by atoms with Gasteiger partial charge in [-0.2, -0.15) is 0 Å². The molecule has 6 heteroatoms. The molecule has 0 aromatic rings. The molecule has 0 aromatic carbocycles. The van der Waals surface area contributed by atoms with Crippen molar-refractivity contribution in [3.8, 4) is 0 Å². The highest BCUT2D eigenvalue weighted by atomic mass is 16.5. The maximum atomic E-state index is 12.1. The molecule has 2 heterocycles. The van der Waals surface area contributed by atoms with Gasteiger partial charge in [-0.05, 0) is 19.3 Å². The van der Waals surface area contributed by atoms with Gasteiger partial charge in [-0.1, -0.05) is 0 Å². The Hall–Kier alpha value is -1.14. The van der Waals surface area contributed by atoms with Crippen molar-refractivity contribution in [2.75, 3.05) is 26.3 Å². The van der Waals surface area contributed by atoms with E-state index in [0.717, 1.165) is 19.3 Å². The number of carbonyl (C=O) groups excluding carboxylic acids is 1. The van der Waals surface area contributed by atoms with Crippen molar-refractivity contribution in [3.63, 3.8) is 0 Å². The van der Waals surface area contributed by atoms with Crippen molar-refractivity contribution in [2.24, 2.45) is 0 Å². The van der Waals surface area contributed by atoms with Gasteiger partial charge in [-0.25, -0.2) is 4.79 Å². The van der Waals surface area contributed by atoms with Crippen molar-refractivity contribution in [1.29, 1.82) is 0 Å². The van der Waals surface area contributed by atoms with Crippen LogP contribution in [0.25, 0.3) is 0 Å². The molecule has 2 saturated heterocycles. The highest BCUT2D eigenvalue weighted by Gasteiger charge is 2.33. The predicted octanol–water partition coefficient (Wildman–Crippen LogP) is -0.133. The zero-order chi connectivity index (χ0) is 12.3. The molecule has 2 aliphatic rings. The van der Waals surface area contributed by atoms with Crippen LogP contribution in [0, 0.1) is 0 Å². The fourth-order valence-electron chi connectivity index (χ4n) is 2.14. The number of carbonyl (C=O) groups is 2. The van der Waals surface area contributed by atoms with Crippen LogP contribution in [0.3, 0.4) is 0 Å². The van der Waals surface area contributed by atoms with E-state index in [1.54, 1.807) is 0 Å². The van der Waals surface area contributed by atoms with Gasteiger partial charge in [0.25, 0.3) is 5.91 Å². The summed E-state index contributed by atoms with van der Waals surface area (Å²) >= 11 is 0. The zero-order valence-corrected chi connectivity index (χ0v) is 9.63. The average Bonchev–Trinajstić information content (AvgIpc) is 2.39. The number of carboxylic acids is 1. The first-order valence-corrected chi connectivity index (χ1v) is 5.93. The monoisotopic (exact) mass is 243 g/mol. The average molecular weight is 243 g/mol. The van der Waals surface area contributed by atoms with Gasteiger partial charge in [0.05, 0.1) is 13.2 Å². The predicted molar refractivity (Wildman–Crippen MR) is 57.5 cm³/mol. The smallest absolute Gasteiger partial charge is 0.334 e. The normalized spacial score (nSPS) is 30.0. The van der Waals surface area contributed by atoms with E-state index in [1.807, 2.05) is 0 Å². The van der Waals surface area contributed by atoms with E-state index in [0.29, 0.717) is 13.2 Å². The molecule has 6 nitrogen and oxygen atoms in total. The Morgan fingerprint density at radius 1 is 1.12 bits per heavy atom. The summed E-state index contributed by atoms with van der Waals surface area (Å²) < 4.78 is 10.5. The van der Waals surface area contributed by atoms with Crippen molar-refractivity contribution < 1.29 is 24.2 Å². The number of hydrogen-bond acceptors (Lipinski definition) is 4. The molecule has 2 fully saturated rings. The summed E-state index contributed by atoms with van der Waals surface area (Å²) in [5.41, 5.74) is 0. The fraction of sp³-hybridized carbons (Fsp3) is 0.818. The molecule has 0 bridgehead atoms. The molecular weight excluding hydrogens is 226 g/mol. The van der Waals surface area contributed by atoms with Crippen LogP contribution in [0.4, 0.5) is 0 Å². The summed E-state index contributed by atoms with van der Waals surface area (Å²) in [5, 5.41) is 8.85. The van der Waals surface area contributed by atoms with Crippen LogP contribution in [0.5, 0.6) is 0 Å². The minimum absolute atomic E-state index is 0.0979. The summed E-state index contributed by atoms with van der Waals surface area (Å²) in [6.07, 6.45) is 1.41. The number of nitrogens with zero attached hydrogens (tertiary/aromatic N) is 1. The Kier molecular flexibility index (Phi) is 3.96. The molecule has 0 saturated carbocycles. The number of carboxylic acid groups (broad SMARTS) is 1. The summed E-state index contributed by atoms with van der Waals surface area (Å²) in [5.74, 6) is -1.12. The zero-order valence-electron chi connectivity index (χ0n) is 9.63. The molecule has 2 aliphatic heterocycles. The molecule has 1 amide bonds. The number of amides is 1. The lowest BCUT2D eigenvalue weighted by atomic mass is 10.1. The molecule has 2 atom stereocenters. The van der Waals surface area contributed by atoms with Crippen LogP contribution >= 0.6 is 0 Å². The van der Waals surface area contributed by atoms with E-state index in [2.05, 4.69) is 0 Å². The second-order valence-corrected chi connectivity index (χ2v) is 4.34. The molecule has 0 spiro atoms. The van der Waals surface area contributed by atoms with Gasteiger partial charge in [0.15, 0.2) is 6.10 Å². The number of aliphatic carboxylic acids is 1. The topological polar surface area (TPSA) is 76.1 Å². The molecule has 1 N–H and O–H groups in total. The third-order valence-electron chi connectivity index (χ3n) is 3.11. The van der Waals surface area contributed by atoms with Crippen LogP contribution in [0.1, 0.15) is 19.3 Å². The fourth-order valence-corrected chi connectivity index (χ4v) is 2.14. The van der Waals surface area contributed by atoms with Gasteiger partial charge >= 0.3 is 5.97 Å². The standard InChI is InChI=1S/C11H17NO5/c13-10(8-3-1-2-5-16-8)12-4-6-17-9(7-12)11(14)15/h8-9H,1-7H2,(H,14,15)/t8-,9+/m0/s1. The second kappa shape index (κ2) is 5.46. The minimum atomic E-state index is -1.02. The van der Waals surface area contributed by atoms with Crippen LogP contribution in [0.2, 0.25) is 0 Å². The molecule has 0 unspecified atom stereocenters. The van der Waals surface area contributed by atoms with Gasteiger partial charge < -0.3 is 19.5 Å². The maximum Gasteiger partial charge on any atom is 0.334 e. The van der Waals surface area contributed by atoms with Crippen LogP contribution < -0.4 is 0 Å². The van der Waals surface area contributed by atoms with Crippen molar-refractivity contribution in [1.82, 2.24) is 4.90 Å². The molecule has 96 valence electrons. The van der Waals surface area contributed by atoms with E-state index < -0.39 is 18.2 Å². The van der Waals surface area contributed by atoms with Gasteiger partial charge in [0.1, 0.15) is 6.10 Å². The number of morpholine rings is 1. The van der Waals surface area contributed by atoms with E-state index in [1.165, 1.54) is 4.90 Å². The molecule has 2 rings (SSSR count). The lowest BCUT2D eigenvalue weighted by molar-refractivity contribution is -0.164. The molecule has 0 aliphatic carbocycles. The minimum Gasteiger partial charge on any atom is -0.479 e. The van der Waals surface area contributed by atoms with Crippen LogP contribution in [0.15, 0.2) is 0 Å². The Morgan fingerprint density at radius 3 is 2.53 bits per heavy atom. The first-order valence-electron chi connectivity index (χ1n) is 5.93. The molecular formula is C11H17NO5. The summed E-state index contributed by atoms with van der Waals surface area (Å²) in [7, 11) is 0. The van der Waals surface area contributed by atoms with Crippen LogP contribution in [-0.4, -0.2) is 60.4 Å². The second-order valence-electron chi connectivity index (χ2n) is 4.34. The summed E-state index contributed by atoms with van der Waals surface area (Å²) in [6, 6.07) is 0. The summed E-state index contributed by atoms with van der Waals surface area (Å²) in [6.45, 7) is 1.45. The molecule has 0 aromatic heterocycles. The highest BCUT2D eigenvalue weighted by molar-refractivity contribution is 5.82. The van der Waals surface area contributed by atoms with Gasteiger partial charge in [-0.15, -0.1) is 0 Å². The largest absolute Gasteiger partial charge is 0.479 e. The quantitative estimate of drug-likeness (QED) is 0.731. The van der Waals surface area contributed by atoms with Gasteiger partial charge in [0, 0.05) is 13.2 Å². The van der Waals surface area contributed by atoms with E-state index in [-0.39, 0.29) is 19.1 Å². The lowest BCUT2D eigenvalue weighted by Gasteiger charge is -2.34. The Balaban J connectivity index is 1.91. The molecule has 0 radical (unpaired) electrons. The first kappa shape index (κ1) is 12.3. The first-order chi connectivity index (χ1) is 8.18. The van der Waals surface area contributed by atoms with Gasteiger partial charge in [0.2, 0.25) is 0 Å². The third kappa shape index (κ3) is 2.95. The maximum absolute atomic E-state index is 12.1. The van der Waals surface area contributed by atoms with Gasteiger partial charge in [-0.3, -0.25) is 4.79 Å². The Bertz CT molecular complexity index is 300. The lowest BCUT2D eigenvalue weighted by Crippen LogP contribution is -2.52. The van der Waals surface area contributed by atoms with E-state index >= 15 is 0 Å². The van der Waals surface area contributed by atoms with E-state index in [9.17, 15) is 9.59 Å².